The van der Waals surface area contributed by atoms with E-state index >= 15 is 0 Å². The fourth-order valence-corrected chi connectivity index (χ4v) is 4.58. The quantitative estimate of drug-likeness (QED) is 0.298. The van der Waals surface area contributed by atoms with Crippen LogP contribution < -0.4 is 0 Å². The molecule has 0 radical (unpaired) electrons. The van der Waals surface area contributed by atoms with Crippen molar-refractivity contribution in [3.8, 4) is 0 Å². The van der Waals surface area contributed by atoms with Crippen molar-refractivity contribution in [1.82, 2.24) is 0 Å². The molecule has 2 nitrogen and oxygen atoms in total. The molecule has 1 spiro atoms. The number of aliphatic hydroxyl groups excluding tert-OH is 2. The largest absolute Gasteiger partial charge is 0.388 e. The molecule has 0 amide bonds. The van der Waals surface area contributed by atoms with Crippen LogP contribution in [0.3, 0.4) is 0 Å². The average molecular weight is 625 g/mol. The second-order valence-electron chi connectivity index (χ2n) is 7.80. The van der Waals surface area contributed by atoms with E-state index in [1.54, 1.807) is 0 Å². The molecule has 9 heteroatoms. The molecule has 3 aliphatic rings. The van der Waals surface area contributed by atoms with Crippen LogP contribution in [0.25, 0.3) is 0 Å². The van der Waals surface area contributed by atoms with Crippen LogP contribution >= 0.6 is 32.0 Å². The molecule has 0 aliphatic heterocycles. The van der Waals surface area contributed by atoms with Crippen molar-refractivity contribution in [2.75, 3.05) is 0 Å². The predicted molar refractivity (Wildman–Crippen MR) is 135 cm³/mol. The van der Waals surface area contributed by atoms with E-state index in [1.165, 1.54) is 36.8 Å². The Bertz CT molecular complexity index is 809. The van der Waals surface area contributed by atoms with Gasteiger partial charge in [0.1, 0.15) is 0 Å². The first-order valence-corrected chi connectivity index (χ1v) is 13.8. The summed E-state index contributed by atoms with van der Waals surface area (Å²) in [6.07, 6.45) is 6.55. The van der Waals surface area contributed by atoms with Gasteiger partial charge in [-0.2, -0.15) is 0 Å². The monoisotopic (exact) mass is 624 g/mol. The van der Waals surface area contributed by atoms with E-state index in [9.17, 15) is 10.2 Å². The maximum Gasteiger partial charge on any atom is 0.0803 e. The second kappa shape index (κ2) is 16.1. The van der Waals surface area contributed by atoms with Crippen LogP contribution in [0.2, 0.25) is 0 Å². The van der Waals surface area contributed by atoms with Gasteiger partial charge in [0.05, 0.1) is 12.2 Å². The Morgan fingerprint density at radius 2 is 1.52 bits per heavy atom. The van der Waals surface area contributed by atoms with E-state index in [1.807, 2.05) is 30.3 Å². The Balaban J connectivity index is 0.000000475. The van der Waals surface area contributed by atoms with E-state index in [0.717, 1.165) is 28.8 Å². The summed E-state index contributed by atoms with van der Waals surface area (Å²) in [5.41, 5.74) is 4.01. The van der Waals surface area contributed by atoms with Gasteiger partial charge in [0, 0.05) is 47.9 Å². The molecule has 2 unspecified atom stereocenters. The first-order valence-electron chi connectivity index (χ1n) is 9.70. The third-order valence-electron chi connectivity index (χ3n) is 5.85. The summed E-state index contributed by atoms with van der Waals surface area (Å²) in [7, 11) is 5.11. The standard InChI is InChI=1S/C11H13BrO.C11H12O.2HPS.2Ti/c12-10-4-2-1-3-9(10)11(13)7-8-5-6-8;12-10-7-11(5-6-11)9-4-2-1-3-8(9)10;2*1-2;;/h1-4,8,11,13H,5-7H2;1-4,10,12H,5-7H2;2*1H;;. The second-order valence-corrected chi connectivity index (χ2v) is 8.66. The van der Waals surface area contributed by atoms with Crippen molar-refractivity contribution in [3.63, 3.8) is 0 Å². The van der Waals surface area contributed by atoms with Crippen molar-refractivity contribution >= 4 is 55.6 Å². The average Bonchev–Trinajstić information content (AvgIpc) is 3.69. The molecule has 0 bridgehead atoms. The topological polar surface area (TPSA) is 40.5 Å². The summed E-state index contributed by atoms with van der Waals surface area (Å²) < 4.78 is 1.02. The Labute approximate surface area is 238 Å². The SMILES string of the molecule is OC(CC1CC1)c1ccccc1Br.OC1CC2(CC2)c2ccccc21.P=S.P=S.[Ti].[Ti]. The van der Waals surface area contributed by atoms with Gasteiger partial charge in [-0.15, -0.1) is 0 Å². The maximum atomic E-state index is 9.88. The molecule has 2 saturated carbocycles. The van der Waals surface area contributed by atoms with Gasteiger partial charge in [-0.1, -0.05) is 94.8 Å². The molecule has 3 aliphatic carbocycles. The minimum Gasteiger partial charge on any atom is -0.388 e. The molecule has 164 valence electrons. The molecule has 0 aromatic heterocycles. The summed E-state index contributed by atoms with van der Waals surface area (Å²) in [4.78, 5) is 0. The molecule has 0 saturated heterocycles. The zero-order valence-corrected chi connectivity index (χ0v) is 25.5. The summed E-state index contributed by atoms with van der Waals surface area (Å²) >= 11 is 11.2. The Morgan fingerprint density at radius 1 is 0.968 bits per heavy atom. The van der Waals surface area contributed by atoms with E-state index in [-0.39, 0.29) is 55.6 Å². The predicted octanol–water partition coefficient (Wildman–Crippen LogP) is 6.62. The minimum absolute atomic E-state index is 0. The molecule has 2 aromatic carbocycles. The van der Waals surface area contributed by atoms with E-state index in [2.05, 4.69) is 73.8 Å². The van der Waals surface area contributed by atoms with Crippen LogP contribution in [0.4, 0.5) is 0 Å². The van der Waals surface area contributed by atoms with Gasteiger partial charge in [-0.25, -0.2) is 0 Å². The number of hydrogen-bond donors (Lipinski definition) is 2. The molecule has 0 heterocycles. The Kier molecular flexibility index (Phi) is 16.7. The van der Waals surface area contributed by atoms with Crippen molar-refractivity contribution in [1.29, 1.82) is 0 Å². The van der Waals surface area contributed by atoms with Crippen molar-refractivity contribution in [2.45, 2.75) is 56.1 Å². The summed E-state index contributed by atoms with van der Waals surface area (Å²) in [6.45, 7) is 0. The van der Waals surface area contributed by atoms with Crippen LogP contribution in [0.1, 0.15) is 67.4 Å². The zero-order chi connectivity index (χ0) is 21.4. The molecule has 5 rings (SSSR count). The van der Waals surface area contributed by atoms with Gasteiger partial charge in [0.15, 0.2) is 0 Å². The maximum absolute atomic E-state index is 9.88. The molecular weight excluding hydrogens is 598 g/mol. The van der Waals surface area contributed by atoms with Gasteiger partial charge in [-0.3, -0.25) is 0 Å². The van der Waals surface area contributed by atoms with Crippen LogP contribution in [-0.2, 0) is 72.5 Å². The molecule has 2 N–H and O–H groups in total. The summed E-state index contributed by atoms with van der Waals surface area (Å²) in [5, 5.41) is 19.6. The number of halogens is 1. The van der Waals surface area contributed by atoms with Gasteiger partial charge in [0.2, 0.25) is 0 Å². The molecule has 2 atom stereocenters. The van der Waals surface area contributed by atoms with Crippen molar-refractivity contribution < 1.29 is 53.6 Å². The smallest absolute Gasteiger partial charge is 0.0803 e. The number of fused-ring (bicyclic) bond motifs is 2. The van der Waals surface area contributed by atoms with E-state index in [0.29, 0.717) is 5.41 Å². The van der Waals surface area contributed by atoms with Gasteiger partial charge in [-0.05, 0) is 75.8 Å². The third kappa shape index (κ3) is 9.12. The molecule has 2 aromatic rings. The van der Waals surface area contributed by atoms with Gasteiger partial charge in [0.25, 0.3) is 0 Å². The van der Waals surface area contributed by atoms with Crippen LogP contribution in [0, 0.1) is 5.92 Å². The van der Waals surface area contributed by atoms with Crippen molar-refractivity contribution in [2.24, 2.45) is 5.92 Å². The number of aliphatic hydroxyl groups is 2. The molecule has 2 fully saturated rings. The van der Waals surface area contributed by atoms with E-state index < -0.39 is 0 Å². The molecule has 31 heavy (non-hydrogen) atoms. The van der Waals surface area contributed by atoms with Crippen molar-refractivity contribution in [3.05, 3.63) is 69.7 Å². The van der Waals surface area contributed by atoms with E-state index in [4.69, 9.17) is 0 Å². The number of hydrogen-bond acceptors (Lipinski definition) is 4. The molecular formula is C22H27BrO2P2S2Ti2. The minimum atomic E-state index is -0.289. The third-order valence-corrected chi connectivity index (χ3v) is 6.57. The first-order chi connectivity index (χ1) is 14.1. The fraction of sp³-hybridized carbons (Fsp3) is 0.455. The normalized spacial score (nSPS) is 19.3. The Hall–Kier alpha value is 1.31. The fourth-order valence-electron chi connectivity index (χ4n) is 4.03. The van der Waals surface area contributed by atoms with Gasteiger partial charge < -0.3 is 10.2 Å². The Morgan fingerprint density at radius 3 is 2.06 bits per heavy atom. The first kappa shape index (κ1) is 32.3. The van der Waals surface area contributed by atoms with Gasteiger partial charge >= 0.3 is 0 Å². The number of rotatable bonds is 3. The summed E-state index contributed by atoms with van der Waals surface area (Å²) in [6, 6.07) is 16.2. The van der Waals surface area contributed by atoms with Crippen LogP contribution in [0.5, 0.6) is 0 Å². The van der Waals surface area contributed by atoms with Crippen LogP contribution in [0.15, 0.2) is 53.0 Å². The van der Waals surface area contributed by atoms with Crippen LogP contribution in [-0.4, -0.2) is 10.2 Å². The number of benzene rings is 2. The summed E-state index contributed by atoms with van der Waals surface area (Å²) in [5.74, 6) is 0.766. The zero-order valence-electron chi connectivity index (χ0n) is 17.2.